The molecular formula is C10H12N4O3. The molecule has 2 heterocycles. The van der Waals surface area contributed by atoms with Crippen molar-refractivity contribution < 1.29 is 19.2 Å². The molecule has 0 aliphatic heterocycles. The fourth-order valence-electron chi connectivity index (χ4n) is 1.55. The molecule has 2 rings (SSSR count). The lowest BCUT2D eigenvalue weighted by Gasteiger charge is -2.05. The minimum Gasteiger partial charge on any atom is -0.868 e. The minimum absolute atomic E-state index is 0.0929. The number of hydrogen-bond donors (Lipinski definition) is 0. The predicted molar refractivity (Wildman–Crippen MR) is 54.0 cm³/mol. The van der Waals surface area contributed by atoms with Crippen molar-refractivity contribution in [2.45, 2.75) is 20.4 Å². The molecule has 0 atom stereocenters. The van der Waals surface area contributed by atoms with E-state index < -0.39 is 5.97 Å². The summed E-state index contributed by atoms with van der Waals surface area (Å²) in [5, 5.41) is 19.8. The highest BCUT2D eigenvalue weighted by Gasteiger charge is 2.17. The van der Waals surface area contributed by atoms with Gasteiger partial charge in [0, 0.05) is 5.10 Å². The molecule has 0 spiro atoms. The van der Waals surface area contributed by atoms with E-state index >= 15 is 0 Å². The van der Waals surface area contributed by atoms with Gasteiger partial charge < -0.3 is 9.84 Å². The lowest BCUT2D eigenvalue weighted by Crippen LogP contribution is -2.28. The van der Waals surface area contributed by atoms with Crippen molar-refractivity contribution in [1.82, 2.24) is 14.9 Å². The second-order valence-corrected chi connectivity index (χ2v) is 3.51. The Balaban J connectivity index is 2.39. The van der Waals surface area contributed by atoms with Crippen LogP contribution in [0.1, 0.15) is 12.6 Å². The summed E-state index contributed by atoms with van der Waals surface area (Å²) in [5.74, 6) is -0.655. The molecule has 2 aromatic heterocycles. The topological polar surface area (TPSA) is 84.2 Å². The van der Waals surface area contributed by atoms with Gasteiger partial charge in [0.2, 0.25) is 6.54 Å². The summed E-state index contributed by atoms with van der Waals surface area (Å²) in [7, 11) is 0. The SMILES string of the molecule is CCOC(=O)Cn1nc[n+]2nc(C)cc([O-])c12. The quantitative estimate of drug-likeness (QED) is 0.502. The Labute approximate surface area is 97.2 Å². The third-order valence-corrected chi connectivity index (χ3v) is 2.17. The molecule has 90 valence electrons. The van der Waals surface area contributed by atoms with E-state index in [0.717, 1.165) is 0 Å². The van der Waals surface area contributed by atoms with E-state index in [1.54, 1.807) is 13.8 Å². The summed E-state index contributed by atoms with van der Waals surface area (Å²) in [5.41, 5.74) is 0.854. The molecule has 0 saturated heterocycles. The zero-order chi connectivity index (χ0) is 12.4. The minimum atomic E-state index is -0.432. The van der Waals surface area contributed by atoms with E-state index in [2.05, 4.69) is 10.2 Å². The summed E-state index contributed by atoms with van der Waals surface area (Å²) in [6.45, 7) is 3.64. The molecule has 0 aliphatic rings. The molecule has 0 radical (unpaired) electrons. The van der Waals surface area contributed by atoms with Crippen molar-refractivity contribution in [1.29, 1.82) is 0 Å². The maximum atomic E-state index is 11.7. The van der Waals surface area contributed by atoms with Crippen molar-refractivity contribution in [2.75, 3.05) is 6.61 Å². The average molecular weight is 236 g/mol. The third-order valence-electron chi connectivity index (χ3n) is 2.17. The molecule has 2 aromatic rings. The summed E-state index contributed by atoms with van der Waals surface area (Å²) in [4.78, 5) is 11.3. The summed E-state index contributed by atoms with van der Waals surface area (Å²) in [6.07, 6.45) is 1.39. The molecular weight excluding hydrogens is 224 g/mol. The summed E-state index contributed by atoms with van der Waals surface area (Å²) < 4.78 is 7.44. The number of esters is 1. The van der Waals surface area contributed by atoms with Crippen LogP contribution in [0.2, 0.25) is 0 Å². The van der Waals surface area contributed by atoms with Crippen molar-refractivity contribution in [3.63, 3.8) is 0 Å². The highest BCUT2D eigenvalue weighted by atomic mass is 16.5. The maximum Gasteiger partial charge on any atom is 0.344 e. The average Bonchev–Trinajstić information content (AvgIpc) is 2.61. The Kier molecular flexibility index (Phi) is 2.90. The van der Waals surface area contributed by atoms with Crippen LogP contribution >= 0.6 is 0 Å². The molecule has 7 nitrogen and oxygen atoms in total. The first-order chi connectivity index (χ1) is 8.11. The molecule has 0 saturated carbocycles. The Hall–Kier alpha value is -2.18. The largest absolute Gasteiger partial charge is 0.868 e. The van der Waals surface area contributed by atoms with E-state index in [4.69, 9.17) is 4.74 Å². The first kappa shape index (κ1) is 11.3. The number of carbonyl (C=O) groups excluding carboxylic acids is 1. The van der Waals surface area contributed by atoms with Gasteiger partial charge in [0.05, 0.1) is 12.3 Å². The van der Waals surface area contributed by atoms with E-state index in [9.17, 15) is 9.90 Å². The van der Waals surface area contributed by atoms with Gasteiger partial charge in [0.15, 0.2) is 0 Å². The van der Waals surface area contributed by atoms with Gasteiger partial charge in [0.25, 0.3) is 12.0 Å². The van der Waals surface area contributed by atoms with Gasteiger partial charge in [-0.15, -0.1) is 9.61 Å². The van der Waals surface area contributed by atoms with Crippen LogP contribution in [-0.2, 0) is 16.1 Å². The van der Waals surface area contributed by atoms with Gasteiger partial charge >= 0.3 is 5.97 Å². The second kappa shape index (κ2) is 4.36. The van der Waals surface area contributed by atoms with Crippen LogP contribution in [0.15, 0.2) is 12.4 Å². The van der Waals surface area contributed by atoms with Crippen LogP contribution in [-0.4, -0.2) is 27.5 Å². The molecule has 7 heteroatoms. The number of ether oxygens (including phenoxy) is 1. The highest BCUT2D eigenvalue weighted by molar-refractivity contribution is 5.69. The van der Waals surface area contributed by atoms with E-state index in [1.807, 2.05) is 0 Å². The lowest BCUT2D eigenvalue weighted by molar-refractivity contribution is -0.584. The van der Waals surface area contributed by atoms with E-state index in [1.165, 1.54) is 21.6 Å². The number of aryl methyl sites for hydroxylation is 1. The Morgan fingerprint density at radius 2 is 2.41 bits per heavy atom. The standard InChI is InChI=1S/C10H12N4O3/c1-3-17-9(16)5-13-10-8(15)4-7(2)12-14(10)6-11-13/h4,6H,3,5H2,1-2H3. The monoisotopic (exact) mass is 236 g/mol. The van der Waals surface area contributed by atoms with Gasteiger partial charge in [0.1, 0.15) is 0 Å². The Bertz CT molecular complexity index is 564. The van der Waals surface area contributed by atoms with Crippen molar-refractivity contribution >= 4 is 11.6 Å². The number of nitrogens with zero attached hydrogens (tertiary/aromatic N) is 4. The molecule has 0 aliphatic carbocycles. The summed E-state index contributed by atoms with van der Waals surface area (Å²) >= 11 is 0. The van der Waals surface area contributed by atoms with Crippen molar-refractivity contribution in [2.24, 2.45) is 0 Å². The normalized spacial score (nSPS) is 10.7. The van der Waals surface area contributed by atoms with Crippen LogP contribution in [0.5, 0.6) is 5.75 Å². The van der Waals surface area contributed by atoms with Gasteiger partial charge in [-0.2, -0.15) is 0 Å². The van der Waals surface area contributed by atoms with Crippen LogP contribution in [0.3, 0.4) is 0 Å². The number of carbonyl (C=O) groups is 1. The zero-order valence-corrected chi connectivity index (χ0v) is 9.58. The van der Waals surface area contributed by atoms with Crippen molar-refractivity contribution in [3.05, 3.63) is 18.1 Å². The third kappa shape index (κ3) is 2.17. The van der Waals surface area contributed by atoms with E-state index in [0.29, 0.717) is 12.3 Å². The number of aromatic nitrogens is 4. The molecule has 0 aromatic carbocycles. The smallest absolute Gasteiger partial charge is 0.344 e. The molecule has 0 N–H and O–H groups in total. The highest BCUT2D eigenvalue weighted by Crippen LogP contribution is 2.10. The first-order valence-electron chi connectivity index (χ1n) is 5.19. The molecule has 0 bridgehead atoms. The van der Waals surface area contributed by atoms with Gasteiger partial charge in [-0.1, -0.05) is 4.68 Å². The number of fused-ring (bicyclic) bond motifs is 1. The first-order valence-corrected chi connectivity index (χ1v) is 5.19. The molecule has 0 unspecified atom stereocenters. The van der Waals surface area contributed by atoms with Crippen LogP contribution in [0.4, 0.5) is 0 Å². The van der Waals surface area contributed by atoms with Crippen LogP contribution in [0.25, 0.3) is 5.65 Å². The van der Waals surface area contributed by atoms with Crippen LogP contribution < -0.4 is 9.62 Å². The fraction of sp³-hybridized carbons (Fsp3) is 0.400. The Morgan fingerprint density at radius 1 is 1.65 bits per heavy atom. The fourth-order valence-corrected chi connectivity index (χ4v) is 1.55. The molecule has 0 amide bonds. The number of rotatable bonds is 3. The molecule has 0 fully saturated rings. The van der Waals surface area contributed by atoms with Gasteiger partial charge in [-0.25, -0.2) is 4.79 Å². The predicted octanol–water partition coefficient (Wildman–Crippen LogP) is -1.04. The summed E-state index contributed by atoms with van der Waals surface area (Å²) in [6, 6.07) is 1.40. The van der Waals surface area contributed by atoms with Gasteiger partial charge in [-0.05, 0) is 25.7 Å². The lowest BCUT2D eigenvalue weighted by atomic mass is 10.4. The van der Waals surface area contributed by atoms with Gasteiger partial charge in [-0.3, -0.25) is 0 Å². The van der Waals surface area contributed by atoms with Crippen LogP contribution in [0, 0.1) is 6.92 Å². The number of hydrogen-bond acceptors (Lipinski definition) is 5. The maximum absolute atomic E-state index is 11.7. The molecule has 17 heavy (non-hydrogen) atoms. The van der Waals surface area contributed by atoms with Crippen molar-refractivity contribution in [3.8, 4) is 5.75 Å². The Morgan fingerprint density at radius 3 is 3.12 bits per heavy atom. The zero-order valence-electron chi connectivity index (χ0n) is 9.58. The van der Waals surface area contributed by atoms with E-state index in [-0.39, 0.29) is 17.9 Å². The second-order valence-electron chi connectivity index (χ2n) is 3.51.